The fourth-order valence-corrected chi connectivity index (χ4v) is 4.39. The Kier molecular flexibility index (Phi) is 8.00. The average Bonchev–Trinajstić information content (AvgIpc) is 2.87. The fourth-order valence-electron chi connectivity index (χ4n) is 4.39. The van der Waals surface area contributed by atoms with E-state index < -0.39 is 0 Å². The number of para-hydroxylation sites is 1. The van der Waals surface area contributed by atoms with E-state index >= 15 is 0 Å². The van der Waals surface area contributed by atoms with Crippen molar-refractivity contribution in [1.82, 2.24) is 25.2 Å². The van der Waals surface area contributed by atoms with Crippen LogP contribution in [0.15, 0.2) is 42.6 Å². The average molecular weight is 489 g/mol. The molecule has 1 aliphatic rings. The molecule has 1 aromatic carbocycles. The smallest absolute Gasteiger partial charge is 0.253 e. The molecule has 0 radical (unpaired) electrons. The van der Waals surface area contributed by atoms with E-state index in [1.54, 1.807) is 12.3 Å². The highest BCUT2D eigenvalue weighted by Gasteiger charge is 2.22. The molecule has 3 heterocycles. The van der Waals surface area contributed by atoms with Gasteiger partial charge < -0.3 is 25.8 Å². The van der Waals surface area contributed by atoms with Gasteiger partial charge in [-0.05, 0) is 72.0 Å². The largest absolute Gasteiger partial charge is 0.356 e. The van der Waals surface area contributed by atoms with E-state index in [9.17, 15) is 4.79 Å². The van der Waals surface area contributed by atoms with Crippen LogP contribution in [0.3, 0.4) is 0 Å². The molecule has 0 aliphatic carbocycles. The lowest BCUT2D eigenvalue weighted by Crippen LogP contribution is -2.42. The normalized spacial score (nSPS) is 14.1. The van der Waals surface area contributed by atoms with Crippen LogP contribution in [-0.2, 0) is 0 Å². The van der Waals surface area contributed by atoms with Crippen molar-refractivity contribution in [1.29, 1.82) is 0 Å². The number of hydrogen-bond donors (Lipinski definition) is 3. The van der Waals surface area contributed by atoms with E-state index in [2.05, 4.69) is 55.9 Å². The van der Waals surface area contributed by atoms with Crippen molar-refractivity contribution < 1.29 is 4.79 Å². The lowest BCUT2D eigenvalue weighted by Gasteiger charge is -2.36. The monoisotopic (exact) mass is 488 g/mol. The van der Waals surface area contributed by atoms with Crippen LogP contribution in [0.25, 0.3) is 0 Å². The van der Waals surface area contributed by atoms with Crippen LogP contribution in [0.2, 0.25) is 0 Å². The minimum Gasteiger partial charge on any atom is -0.356 e. The number of nitrogens with one attached hydrogen (secondary N) is 3. The van der Waals surface area contributed by atoms with Gasteiger partial charge in [-0.3, -0.25) is 4.79 Å². The molecule has 3 aromatic rings. The first-order valence-electron chi connectivity index (χ1n) is 12.5. The molecule has 0 saturated carbocycles. The molecule has 0 unspecified atom stereocenters. The number of aryl methyl sites for hydroxylation is 2. The van der Waals surface area contributed by atoms with Crippen molar-refractivity contribution >= 4 is 34.9 Å². The van der Waals surface area contributed by atoms with E-state index in [-0.39, 0.29) is 5.91 Å². The topological polar surface area (TPSA) is 98.3 Å². The number of carbonyl (C=O) groups is 1. The van der Waals surface area contributed by atoms with Gasteiger partial charge in [0.25, 0.3) is 5.91 Å². The molecule has 0 atom stereocenters. The summed E-state index contributed by atoms with van der Waals surface area (Å²) in [7, 11) is 4.30. The van der Waals surface area contributed by atoms with Crippen molar-refractivity contribution in [3.63, 3.8) is 0 Å². The number of rotatable bonds is 8. The Morgan fingerprint density at radius 2 is 1.78 bits per heavy atom. The second-order valence-electron chi connectivity index (χ2n) is 9.36. The van der Waals surface area contributed by atoms with E-state index in [4.69, 9.17) is 4.98 Å². The van der Waals surface area contributed by atoms with Gasteiger partial charge in [0.15, 0.2) is 0 Å². The zero-order valence-electron chi connectivity index (χ0n) is 21.8. The number of anilines is 5. The Bertz CT molecular complexity index is 1200. The summed E-state index contributed by atoms with van der Waals surface area (Å²) >= 11 is 0. The van der Waals surface area contributed by atoms with Crippen LogP contribution in [0.4, 0.5) is 29.0 Å². The highest BCUT2D eigenvalue weighted by Crippen LogP contribution is 2.26. The molecule has 9 nitrogen and oxygen atoms in total. The summed E-state index contributed by atoms with van der Waals surface area (Å²) in [5.74, 6) is 1.97. The fraction of sp³-hybridized carbons (Fsp3) is 0.407. The van der Waals surface area contributed by atoms with Crippen molar-refractivity contribution in [2.45, 2.75) is 39.7 Å². The lowest BCUT2D eigenvalue weighted by molar-refractivity contribution is 0.0956. The number of aromatic nitrogens is 3. The molecule has 1 fully saturated rings. The third-order valence-electron chi connectivity index (χ3n) is 6.57. The van der Waals surface area contributed by atoms with Gasteiger partial charge in [0.1, 0.15) is 11.6 Å². The minimum atomic E-state index is -0.126. The minimum absolute atomic E-state index is 0.126. The lowest BCUT2D eigenvalue weighted by atomic mass is 10.0. The maximum atomic E-state index is 12.5. The van der Waals surface area contributed by atoms with Crippen LogP contribution in [0, 0.1) is 13.8 Å². The molecule has 9 heteroatoms. The van der Waals surface area contributed by atoms with Crippen molar-refractivity contribution in [3.8, 4) is 0 Å². The van der Waals surface area contributed by atoms with Crippen LogP contribution in [-0.4, -0.2) is 65.5 Å². The van der Waals surface area contributed by atoms with E-state index in [1.807, 2.05) is 45.0 Å². The number of benzene rings is 1. The zero-order valence-corrected chi connectivity index (χ0v) is 21.8. The standard InChI is InChI=1S/C27H36N8O/c1-6-28-26(36)21-9-7-8-10-23(21)31-25-18(2)17-29-27(33-25)32-22-11-12-24(30-19(22)3)35-15-13-20(14-16-35)34(4)5/h7-12,17,20H,6,13-16H2,1-5H3,(H,28,36)(H2,29,31,32,33). The summed E-state index contributed by atoms with van der Waals surface area (Å²) in [6.07, 6.45) is 4.05. The van der Waals surface area contributed by atoms with Gasteiger partial charge in [-0.2, -0.15) is 4.98 Å². The summed E-state index contributed by atoms with van der Waals surface area (Å²) < 4.78 is 0. The number of amides is 1. The summed E-state index contributed by atoms with van der Waals surface area (Å²) in [6, 6.07) is 12.1. The first-order valence-corrected chi connectivity index (χ1v) is 12.5. The summed E-state index contributed by atoms with van der Waals surface area (Å²) in [5, 5.41) is 9.46. The van der Waals surface area contributed by atoms with Crippen LogP contribution in [0.5, 0.6) is 0 Å². The first kappa shape index (κ1) is 25.4. The Balaban J connectivity index is 1.48. The summed E-state index contributed by atoms with van der Waals surface area (Å²) in [5.41, 5.74) is 3.88. The second kappa shape index (κ2) is 11.3. The molecule has 1 amide bonds. The maximum Gasteiger partial charge on any atom is 0.253 e. The Morgan fingerprint density at radius 3 is 2.47 bits per heavy atom. The number of pyridine rings is 1. The van der Waals surface area contributed by atoms with Gasteiger partial charge in [-0.25, -0.2) is 9.97 Å². The number of hydrogen-bond acceptors (Lipinski definition) is 8. The Labute approximate surface area is 213 Å². The molecule has 1 aliphatic heterocycles. The Hall–Kier alpha value is -3.72. The highest BCUT2D eigenvalue weighted by molar-refractivity contribution is 6.00. The molecule has 0 spiro atoms. The molecular formula is C27H36N8O. The molecule has 0 bridgehead atoms. The van der Waals surface area contributed by atoms with Crippen molar-refractivity contribution in [3.05, 3.63) is 59.4 Å². The van der Waals surface area contributed by atoms with Gasteiger partial charge in [0, 0.05) is 37.4 Å². The van der Waals surface area contributed by atoms with Gasteiger partial charge in [0.2, 0.25) is 5.95 Å². The third-order valence-corrected chi connectivity index (χ3v) is 6.57. The molecule has 36 heavy (non-hydrogen) atoms. The van der Waals surface area contributed by atoms with Crippen LogP contribution < -0.4 is 20.9 Å². The SMILES string of the molecule is CCNC(=O)c1ccccc1Nc1nc(Nc2ccc(N3CCC(N(C)C)CC3)nc2C)ncc1C. The maximum absolute atomic E-state index is 12.5. The van der Waals surface area contributed by atoms with E-state index in [1.165, 1.54) is 0 Å². The van der Waals surface area contributed by atoms with Gasteiger partial charge in [0.05, 0.1) is 22.6 Å². The number of nitrogens with zero attached hydrogens (tertiary/aromatic N) is 5. The quantitative estimate of drug-likeness (QED) is 0.433. The zero-order chi connectivity index (χ0) is 25.7. The molecule has 3 N–H and O–H groups in total. The molecular weight excluding hydrogens is 452 g/mol. The van der Waals surface area contributed by atoms with Crippen LogP contribution >= 0.6 is 0 Å². The predicted octanol–water partition coefficient (Wildman–Crippen LogP) is 4.26. The predicted molar refractivity (Wildman–Crippen MR) is 146 cm³/mol. The summed E-state index contributed by atoms with van der Waals surface area (Å²) in [6.45, 7) is 8.41. The van der Waals surface area contributed by atoms with Gasteiger partial charge >= 0.3 is 0 Å². The van der Waals surface area contributed by atoms with E-state index in [0.717, 1.165) is 48.7 Å². The van der Waals surface area contributed by atoms with Crippen molar-refractivity contribution in [2.24, 2.45) is 0 Å². The third kappa shape index (κ3) is 5.91. The molecule has 1 saturated heterocycles. The summed E-state index contributed by atoms with van der Waals surface area (Å²) in [4.78, 5) is 31.1. The van der Waals surface area contributed by atoms with E-state index in [0.29, 0.717) is 35.6 Å². The molecule has 190 valence electrons. The van der Waals surface area contributed by atoms with Crippen molar-refractivity contribution in [2.75, 3.05) is 49.3 Å². The number of carbonyl (C=O) groups excluding carboxylic acids is 1. The van der Waals surface area contributed by atoms with Crippen LogP contribution in [0.1, 0.15) is 41.4 Å². The second-order valence-corrected chi connectivity index (χ2v) is 9.36. The number of piperidine rings is 1. The molecule has 4 rings (SSSR count). The highest BCUT2D eigenvalue weighted by atomic mass is 16.1. The van der Waals surface area contributed by atoms with Gasteiger partial charge in [-0.1, -0.05) is 12.1 Å². The van der Waals surface area contributed by atoms with Gasteiger partial charge in [-0.15, -0.1) is 0 Å². The Morgan fingerprint density at radius 1 is 1.03 bits per heavy atom. The molecule has 2 aromatic heterocycles. The first-order chi connectivity index (χ1) is 17.4.